The number of hydrogen-bond acceptors (Lipinski definition) is 4. The van der Waals surface area contributed by atoms with Crippen LogP contribution in [0.4, 0.5) is 13.2 Å². The van der Waals surface area contributed by atoms with Crippen LogP contribution in [0.1, 0.15) is 29.8 Å². The van der Waals surface area contributed by atoms with Gasteiger partial charge in [-0.05, 0) is 6.42 Å². The van der Waals surface area contributed by atoms with Crippen molar-refractivity contribution >= 4 is 5.91 Å². The number of carbonyl (C=O) groups is 1. The van der Waals surface area contributed by atoms with Crippen LogP contribution in [-0.2, 0) is 11.3 Å². The predicted octanol–water partition coefficient (Wildman–Crippen LogP) is 0.981. The van der Waals surface area contributed by atoms with E-state index in [0.29, 0.717) is 12.2 Å². The van der Waals surface area contributed by atoms with Gasteiger partial charge in [-0.1, -0.05) is 6.92 Å². The maximum atomic E-state index is 11.7. The maximum absolute atomic E-state index is 11.7. The number of alkyl halides is 3. The summed E-state index contributed by atoms with van der Waals surface area (Å²) in [6, 6.07) is 0. The Morgan fingerprint density at radius 1 is 1.53 bits per heavy atom. The lowest BCUT2D eigenvalue weighted by molar-refractivity contribution is -0.184. The van der Waals surface area contributed by atoms with Crippen LogP contribution in [-0.4, -0.2) is 33.9 Å². The molecular formula is C8H11F3N4O2. The number of H-pyrrole nitrogens is 1. The number of aryl methyl sites for hydroxylation is 1. The van der Waals surface area contributed by atoms with E-state index >= 15 is 0 Å². The summed E-state index contributed by atoms with van der Waals surface area (Å²) in [4.78, 5) is 18.9. The minimum atomic E-state index is -4.50. The smallest absolute Gasteiger partial charge is 0.264 e. The van der Waals surface area contributed by atoms with Gasteiger partial charge >= 0.3 is 12.1 Å². The van der Waals surface area contributed by atoms with Crippen molar-refractivity contribution in [3.05, 3.63) is 11.6 Å². The molecule has 0 saturated carbocycles. The monoisotopic (exact) mass is 252 g/mol. The molecule has 0 saturated heterocycles. The topological polar surface area (TPSA) is 79.9 Å². The number of rotatable bonds is 5. The first-order valence-corrected chi connectivity index (χ1v) is 4.82. The van der Waals surface area contributed by atoms with E-state index in [2.05, 4.69) is 20.0 Å². The molecule has 0 spiro atoms. The van der Waals surface area contributed by atoms with E-state index in [-0.39, 0.29) is 5.82 Å². The van der Waals surface area contributed by atoms with Crippen molar-refractivity contribution in [1.82, 2.24) is 20.7 Å². The van der Waals surface area contributed by atoms with Gasteiger partial charge in [0.15, 0.2) is 6.61 Å². The van der Waals surface area contributed by atoms with Crippen LogP contribution in [0.3, 0.4) is 0 Å². The summed E-state index contributed by atoms with van der Waals surface area (Å²) in [5.74, 6) is -0.683. The zero-order valence-electron chi connectivity index (χ0n) is 8.97. The molecule has 0 unspecified atom stereocenters. The van der Waals surface area contributed by atoms with Crippen molar-refractivity contribution in [3.63, 3.8) is 0 Å². The number of hydrogen-bond donors (Lipinski definition) is 2. The molecule has 6 nitrogen and oxygen atoms in total. The second-order valence-corrected chi connectivity index (χ2v) is 3.19. The fourth-order valence-corrected chi connectivity index (χ4v) is 0.975. The minimum absolute atomic E-state index is 0.254. The first kappa shape index (κ1) is 13.4. The van der Waals surface area contributed by atoms with Crippen molar-refractivity contribution in [3.8, 4) is 0 Å². The summed E-state index contributed by atoms with van der Waals surface area (Å²) in [5.41, 5.74) is 1.61. The highest BCUT2D eigenvalue weighted by molar-refractivity contribution is 5.89. The Bertz CT molecular complexity index is 377. The molecule has 0 bridgehead atoms. The number of halogens is 3. The highest BCUT2D eigenvalue weighted by Gasteiger charge is 2.28. The number of hydroxylamine groups is 1. The number of carbonyl (C=O) groups excluding carboxylic acids is 1. The van der Waals surface area contributed by atoms with E-state index in [1.165, 1.54) is 0 Å². The summed E-state index contributed by atoms with van der Waals surface area (Å²) in [6.45, 7) is 0.347. The van der Waals surface area contributed by atoms with E-state index in [9.17, 15) is 18.0 Å². The standard InChI is InChI=1S/C8H11F3N4O2/c1-2-3-5-12-6(14-13-5)7(16)15-17-4-8(9,10)11/h2-4H2,1H3,(H,15,16)(H,12,13,14). The second-order valence-electron chi connectivity index (χ2n) is 3.19. The quantitative estimate of drug-likeness (QED) is 0.765. The van der Waals surface area contributed by atoms with E-state index in [1.54, 1.807) is 5.48 Å². The van der Waals surface area contributed by atoms with E-state index in [4.69, 9.17) is 0 Å². The van der Waals surface area contributed by atoms with Crippen LogP contribution in [0.5, 0.6) is 0 Å². The Morgan fingerprint density at radius 2 is 2.24 bits per heavy atom. The molecule has 0 aliphatic rings. The lowest BCUT2D eigenvalue weighted by Crippen LogP contribution is -2.30. The molecule has 0 aromatic carbocycles. The van der Waals surface area contributed by atoms with Crippen LogP contribution in [0.25, 0.3) is 0 Å². The third kappa shape index (κ3) is 4.81. The Morgan fingerprint density at radius 3 is 2.82 bits per heavy atom. The number of aromatic amines is 1. The van der Waals surface area contributed by atoms with Gasteiger partial charge in [0.25, 0.3) is 0 Å². The Hall–Kier alpha value is -1.64. The summed E-state index contributed by atoms with van der Waals surface area (Å²) >= 11 is 0. The molecule has 0 fully saturated rings. The van der Waals surface area contributed by atoms with Crippen molar-refractivity contribution in [2.24, 2.45) is 0 Å². The van der Waals surface area contributed by atoms with E-state index < -0.39 is 18.7 Å². The highest BCUT2D eigenvalue weighted by atomic mass is 19.4. The van der Waals surface area contributed by atoms with Crippen molar-refractivity contribution in [2.75, 3.05) is 6.61 Å². The molecule has 0 atom stereocenters. The normalized spacial score (nSPS) is 11.5. The summed E-state index contributed by atoms with van der Waals surface area (Å²) in [6.07, 6.45) is -3.09. The van der Waals surface area contributed by atoms with Crippen molar-refractivity contribution < 1.29 is 22.8 Å². The first-order chi connectivity index (χ1) is 7.92. The summed E-state index contributed by atoms with van der Waals surface area (Å²) in [5, 5.41) is 6.03. The van der Waals surface area contributed by atoms with Gasteiger partial charge in [0.1, 0.15) is 5.82 Å². The average molecular weight is 252 g/mol. The maximum Gasteiger partial charge on any atom is 0.414 e. The molecule has 1 amide bonds. The molecule has 0 aliphatic carbocycles. The first-order valence-electron chi connectivity index (χ1n) is 4.82. The molecule has 96 valence electrons. The van der Waals surface area contributed by atoms with Crippen molar-refractivity contribution in [1.29, 1.82) is 0 Å². The molecule has 1 aromatic heterocycles. The van der Waals surface area contributed by atoms with Gasteiger partial charge in [-0.15, -0.1) is 5.10 Å². The average Bonchev–Trinajstić information content (AvgIpc) is 2.65. The van der Waals surface area contributed by atoms with Gasteiger partial charge in [-0.3, -0.25) is 14.7 Å². The Labute approximate surface area is 94.5 Å². The van der Waals surface area contributed by atoms with Crippen LogP contribution in [0.15, 0.2) is 0 Å². The molecule has 1 heterocycles. The molecule has 0 radical (unpaired) electrons. The largest absolute Gasteiger partial charge is 0.414 e. The third-order valence-electron chi connectivity index (χ3n) is 1.62. The molecule has 9 heteroatoms. The molecular weight excluding hydrogens is 241 g/mol. The molecule has 2 N–H and O–H groups in total. The summed E-state index contributed by atoms with van der Waals surface area (Å²) in [7, 11) is 0. The van der Waals surface area contributed by atoms with Crippen molar-refractivity contribution in [2.45, 2.75) is 25.9 Å². The second kappa shape index (κ2) is 5.62. The lowest BCUT2D eigenvalue weighted by Gasteiger charge is -2.06. The third-order valence-corrected chi connectivity index (χ3v) is 1.62. The van der Waals surface area contributed by atoms with E-state index in [0.717, 1.165) is 6.42 Å². The number of amides is 1. The number of aromatic nitrogens is 3. The zero-order valence-corrected chi connectivity index (χ0v) is 8.97. The summed E-state index contributed by atoms with van der Waals surface area (Å²) < 4.78 is 35.1. The van der Waals surface area contributed by atoms with Gasteiger partial charge in [0.05, 0.1) is 0 Å². The Kier molecular flexibility index (Phi) is 4.44. The highest BCUT2D eigenvalue weighted by Crippen LogP contribution is 2.13. The molecule has 1 rings (SSSR count). The Balaban J connectivity index is 2.41. The molecule has 1 aromatic rings. The number of nitrogens with zero attached hydrogens (tertiary/aromatic N) is 2. The zero-order chi connectivity index (χ0) is 12.9. The number of nitrogens with one attached hydrogen (secondary N) is 2. The van der Waals surface area contributed by atoms with Gasteiger partial charge in [0.2, 0.25) is 5.82 Å². The minimum Gasteiger partial charge on any atom is -0.264 e. The SMILES string of the molecule is CCCc1nc(C(=O)NOCC(F)(F)F)n[nH]1. The van der Waals surface area contributed by atoms with Crippen LogP contribution >= 0.6 is 0 Å². The lowest BCUT2D eigenvalue weighted by atomic mass is 10.3. The van der Waals surface area contributed by atoms with Crippen LogP contribution in [0.2, 0.25) is 0 Å². The van der Waals surface area contributed by atoms with Gasteiger partial charge in [0, 0.05) is 6.42 Å². The van der Waals surface area contributed by atoms with E-state index in [1.807, 2.05) is 6.92 Å². The fraction of sp³-hybridized carbons (Fsp3) is 0.625. The van der Waals surface area contributed by atoms with Crippen LogP contribution < -0.4 is 5.48 Å². The van der Waals surface area contributed by atoms with Crippen LogP contribution in [0, 0.1) is 0 Å². The molecule has 0 aliphatic heterocycles. The fourth-order valence-electron chi connectivity index (χ4n) is 0.975. The van der Waals surface area contributed by atoms with Gasteiger partial charge < -0.3 is 0 Å². The van der Waals surface area contributed by atoms with Gasteiger partial charge in [-0.25, -0.2) is 10.5 Å². The van der Waals surface area contributed by atoms with Gasteiger partial charge in [-0.2, -0.15) is 13.2 Å². The predicted molar refractivity (Wildman–Crippen MR) is 49.9 cm³/mol. The molecule has 17 heavy (non-hydrogen) atoms.